The van der Waals surface area contributed by atoms with E-state index < -0.39 is 0 Å². The minimum Gasteiger partial charge on any atom is -0.395 e. The number of hydrogen-bond donors (Lipinski definition) is 1. The summed E-state index contributed by atoms with van der Waals surface area (Å²) in [6.45, 7) is 1.60. The standard InChI is InChI=1S/C21H25N5O3/c27-12-11-26-19(22-16-8-2-1-7-15(16)21(26)28)17-9-4-10-25(17)13-18-23-20(29-24-18)14-5-3-6-14/h1-2,7-8,14,17,27H,3-6,9-13H2. The molecule has 2 aromatic heterocycles. The maximum Gasteiger partial charge on any atom is 0.261 e. The zero-order valence-electron chi connectivity index (χ0n) is 16.3. The average Bonchev–Trinajstić information content (AvgIpc) is 3.33. The summed E-state index contributed by atoms with van der Waals surface area (Å²) in [5.41, 5.74) is 0.596. The van der Waals surface area contributed by atoms with Gasteiger partial charge >= 0.3 is 0 Å². The normalized spacial score (nSPS) is 20.4. The van der Waals surface area contributed by atoms with Gasteiger partial charge in [-0.2, -0.15) is 4.98 Å². The maximum absolute atomic E-state index is 13.0. The molecule has 1 saturated carbocycles. The summed E-state index contributed by atoms with van der Waals surface area (Å²) in [7, 11) is 0. The van der Waals surface area contributed by atoms with Gasteiger partial charge in [0.2, 0.25) is 5.89 Å². The third kappa shape index (κ3) is 3.36. The molecule has 1 unspecified atom stereocenters. The molecule has 2 aliphatic rings. The van der Waals surface area contributed by atoms with Gasteiger partial charge < -0.3 is 9.63 Å². The molecular formula is C21H25N5O3. The molecule has 2 fully saturated rings. The highest BCUT2D eigenvalue weighted by atomic mass is 16.5. The summed E-state index contributed by atoms with van der Waals surface area (Å²) in [6, 6.07) is 7.38. The smallest absolute Gasteiger partial charge is 0.261 e. The zero-order chi connectivity index (χ0) is 19.8. The highest BCUT2D eigenvalue weighted by molar-refractivity contribution is 5.77. The van der Waals surface area contributed by atoms with E-state index in [-0.39, 0.29) is 24.8 Å². The number of hydrogen-bond acceptors (Lipinski definition) is 7. The van der Waals surface area contributed by atoms with Crippen LogP contribution < -0.4 is 5.56 Å². The Balaban J connectivity index is 1.47. The Hall–Kier alpha value is -2.58. The van der Waals surface area contributed by atoms with E-state index in [0.29, 0.717) is 35.0 Å². The monoisotopic (exact) mass is 395 g/mol. The molecule has 3 aromatic rings. The number of aromatic nitrogens is 4. The Labute approximate surface area is 168 Å². The van der Waals surface area contributed by atoms with E-state index in [4.69, 9.17) is 9.51 Å². The molecule has 1 aliphatic carbocycles. The van der Waals surface area contributed by atoms with Crippen LogP contribution in [0.3, 0.4) is 0 Å². The Kier molecular flexibility index (Phi) is 4.89. The van der Waals surface area contributed by atoms with E-state index in [0.717, 1.165) is 38.1 Å². The number of aliphatic hydroxyl groups excluding tert-OH is 1. The van der Waals surface area contributed by atoms with Crippen LogP contribution in [0.1, 0.15) is 61.6 Å². The van der Waals surface area contributed by atoms with E-state index in [1.807, 2.05) is 18.2 Å². The van der Waals surface area contributed by atoms with Crippen LogP contribution >= 0.6 is 0 Å². The van der Waals surface area contributed by atoms with Gasteiger partial charge in [-0.3, -0.25) is 14.3 Å². The highest BCUT2D eigenvalue weighted by Crippen LogP contribution is 2.36. The number of rotatable bonds is 6. The van der Waals surface area contributed by atoms with Gasteiger partial charge in [0, 0.05) is 5.92 Å². The maximum atomic E-state index is 13.0. The Bertz CT molecular complexity index is 1070. The van der Waals surface area contributed by atoms with Gasteiger partial charge in [-0.05, 0) is 44.4 Å². The van der Waals surface area contributed by atoms with Crippen LogP contribution in [-0.2, 0) is 13.1 Å². The summed E-state index contributed by atoms with van der Waals surface area (Å²) >= 11 is 0. The van der Waals surface area contributed by atoms with E-state index in [9.17, 15) is 9.90 Å². The van der Waals surface area contributed by atoms with Crippen LogP contribution in [0, 0.1) is 0 Å². The van der Waals surface area contributed by atoms with Crippen molar-refractivity contribution >= 4 is 10.9 Å². The molecule has 1 saturated heterocycles. The van der Waals surface area contributed by atoms with Gasteiger partial charge in [-0.1, -0.05) is 23.7 Å². The topological polar surface area (TPSA) is 97.3 Å². The molecule has 0 radical (unpaired) electrons. The van der Waals surface area contributed by atoms with E-state index in [1.165, 1.54) is 6.42 Å². The lowest BCUT2D eigenvalue weighted by Crippen LogP contribution is -2.33. The minimum atomic E-state index is -0.102. The van der Waals surface area contributed by atoms with Crippen LogP contribution in [-0.4, -0.2) is 42.8 Å². The van der Waals surface area contributed by atoms with E-state index in [2.05, 4.69) is 15.0 Å². The van der Waals surface area contributed by atoms with Crippen molar-refractivity contribution in [3.63, 3.8) is 0 Å². The Morgan fingerprint density at radius 1 is 1.14 bits per heavy atom. The molecule has 1 aliphatic heterocycles. The average molecular weight is 395 g/mol. The summed E-state index contributed by atoms with van der Waals surface area (Å²) in [5, 5.41) is 14.3. The van der Waals surface area contributed by atoms with Crippen molar-refractivity contribution in [2.45, 2.75) is 57.2 Å². The quantitative estimate of drug-likeness (QED) is 0.684. The number of fused-ring (bicyclic) bond motifs is 1. The van der Waals surface area contributed by atoms with Crippen LogP contribution in [0.25, 0.3) is 10.9 Å². The molecule has 1 aromatic carbocycles. The van der Waals surface area contributed by atoms with Crippen molar-refractivity contribution < 1.29 is 9.63 Å². The molecule has 5 rings (SSSR count). The van der Waals surface area contributed by atoms with Crippen molar-refractivity contribution in [3.8, 4) is 0 Å². The van der Waals surface area contributed by atoms with Crippen molar-refractivity contribution in [2.75, 3.05) is 13.2 Å². The fourth-order valence-corrected chi connectivity index (χ4v) is 4.40. The predicted octanol–water partition coefficient (Wildman–Crippen LogP) is 2.38. The van der Waals surface area contributed by atoms with Gasteiger partial charge in [0.05, 0.1) is 36.6 Å². The molecule has 1 N–H and O–H groups in total. The summed E-state index contributed by atoms with van der Waals surface area (Å²) in [6.07, 6.45) is 5.40. The second-order valence-electron chi connectivity index (χ2n) is 7.97. The molecule has 0 spiro atoms. The molecule has 152 valence electrons. The largest absolute Gasteiger partial charge is 0.395 e. The van der Waals surface area contributed by atoms with Crippen LogP contribution in [0.15, 0.2) is 33.6 Å². The molecule has 0 amide bonds. The zero-order valence-corrected chi connectivity index (χ0v) is 16.3. The SMILES string of the molecule is O=c1c2ccccc2nc(C2CCCN2Cc2noc(C3CCC3)n2)n1CCO. The first-order valence-electron chi connectivity index (χ1n) is 10.4. The predicted molar refractivity (Wildman–Crippen MR) is 106 cm³/mol. The van der Waals surface area contributed by atoms with Gasteiger partial charge in [-0.25, -0.2) is 4.98 Å². The number of para-hydroxylation sites is 1. The third-order valence-corrected chi connectivity index (χ3v) is 6.16. The Morgan fingerprint density at radius 2 is 2.00 bits per heavy atom. The fraction of sp³-hybridized carbons (Fsp3) is 0.524. The molecule has 29 heavy (non-hydrogen) atoms. The lowest BCUT2D eigenvalue weighted by atomic mass is 9.85. The van der Waals surface area contributed by atoms with Crippen molar-refractivity contribution in [1.82, 2.24) is 24.6 Å². The molecule has 0 bridgehead atoms. The van der Waals surface area contributed by atoms with Gasteiger partial charge in [0.25, 0.3) is 5.56 Å². The van der Waals surface area contributed by atoms with E-state index in [1.54, 1.807) is 10.6 Å². The first kappa shape index (κ1) is 18.4. The molecular weight excluding hydrogens is 370 g/mol. The van der Waals surface area contributed by atoms with Crippen LogP contribution in [0.5, 0.6) is 0 Å². The molecule has 1 atom stereocenters. The Morgan fingerprint density at radius 3 is 2.79 bits per heavy atom. The first-order valence-corrected chi connectivity index (χ1v) is 10.4. The van der Waals surface area contributed by atoms with Crippen LogP contribution in [0.2, 0.25) is 0 Å². The number of benzene rings is 1. The third-order valence-electron chi connectivity index (χ3n) is 6.16. The van der Waals surface area contributed by atoms with Gasteiger partial charge in [0.1, 0.15) is 5.82 Å². The lowest BCUT2D eigenvalue weighted by molar-refractivity contribution is 0.216. The van der Waals surface area contributed by atoms with Gasteiger partial charge in [0.15, 0.2) is 5.82 Å². The summed E-state index contributed by atoms with van der Waals surface area (Å²) in [5.74, 6) is 2.57. The number of likely N-dealkylation sites (tertiary alicyclic amines) is 1. The van der Waals surface area contributed by atoms with E-state index >= 15 is 0 Å². The number of nitrogens with zero attached hydrogens (tertiary/aromatic N) is 5. The highest BCUT2D eigenvalue weighted by Gasteiger charge is 2.32. The first-order chi connectivity index (χ1) is 14.2. The van der Waals surface area contributed by atoms with Gasteiger partial charge in [-0.15, -0.1) is 0 Å². The van der Waals surface area contributed by atoms with Crippen molar-refractivity contribution in [1.29, 1.82) is 0 Å². The van der Waals surface area contributed by atoms with Crippen molar-refractivity contribution in [3.05, 3.63) is 52.2 Å². The number of aliphatic hydroxyl groups is 1. The summed E-state index contributed by atoms with van der Waals surface area (Å²) < 4.78 is 7.09. The van der Waals surface area contributed by atoms with Crippen molar-refractivity contribution in [2.24, 2.45) is 0 Å². The second kappa shape index (κ2) is 7.68. The second-order valence-corrected chi connectivity index (χ2v) is 7.97. The molecule has 3 heterocycles. The lowest BCUT2D eigenvalue weighted by Gasteiger charge is -2.25. The minimum absolute atomic E-state index is 0.00971. The summed E-state index contributed by atoms with van der Waals surface area (Å²) in [4.78, 5) is 24.7. The van der Waals surface area contributed by atoms with Crippen LogP contribution in [0.4, 0.5) is 0 Å². The molecule has 8 nitrogen and oxygen atoms in total. The molecule has 8 heteroatoms. The fourth-order valence-electron chi connectivity index (χ4n) is 4.40.